The third-order valence-electron chi connectivity index (χ3n) is 3.04. The summed E-state index contributed by atoms with van der Waals surface area (Å²) in [5.74, 6) is 0. The van der Waals surface area contributed by atoms with Crippen LogP contribution >= 0.6 is 0 Å². The van der Waals surface area contributed by atoms with E-state index in [2.05, 4.69) is 15.4 Å². The van der Waals surface area contributed by atoms with Crippen molar-refractivity contribution in [3.63, 3.8) is 0 Å². The molecule has 1 heterocycles. The fourth-order valence-corrected chi connectivity index (χ4v) is 2.25. The molecule has 25 heavy (non-hydrogen) atoms. The lowest BCUT2D eigenvalue weighted by molar-refractivity contribution is -0.384. The molecule has 2 rings (SSSR count). The second kappa shape index (κ2) is 8.23. The first-order valence-corrected chi connectivity index (χ1v) is 8.88. The topological polar surface area (TPSA) is 154 Å². The highest BCUT2D eigenvalue weighted by molar-refractivity contribution is 7.89. The van der Waals surface area contributed by atoms with Gasteiger partial charge in [-0.15, -0.1) is 0 Å². The molecular weight excluding hydrogens is 352 g/mol. The highest BCUT2D eigenvalue weighted by Gasteiger charge is 2.23. The summed E-state index contributed by atoms with van der Waals surface area (Å²) in [6.45, 7) is 7.35. The van der Waals surface area contributed by atoms with Crippen LogP contribution in [0.2, 0.25) is 0 Å². The lowest BCUT2D eigenvalue weighted by atomic mass is 10.1. The van der Waals surface area contributed by atoms with Crippen LogP contribution in [0.4, 0.5) is 11.4 Å². The van der Waals surface area contributed by atoms with Gasteiger partial charge < -0.3 is 15.4 Å². The molecule has 140 valence electrons. The molecule has 10 nitrogen and oxygen atoms in total. The fraction of sp³-hybridized carbons (Fsp3) is 0.500. The number of rotatable bonds is 5. The molecular formula is C14H22N4O6S. The van der Waals surface area contributed by atoms with Crippen LogP contribution in [0.3, 0.4) is 0 Å². The summed E-state index contributed by atoms with van der Waals surface area (Å²) >= 11 is 0. The van der Waals surface area contributed by atoms with Gasteiger partial charge in [0.25, 0.3) is 12.2 Å². The van der Waals surface area contributed by atoms with E-state index in [1.807, 2.05) is 20.8 Å². The number of anilines is 1. The Morgan fingerprint density at radius 1 is 1.40 bits per heavy atom. The van der Waals surface area contributed by atoms with Crippen LogP contribution < -0.4 is 15.8 Å². The van der Waals surface area contributed by atoms with Gasteiger partial charge in [0.15, 0.2) is 0 Å². The van der Waals surface area contributed by atoms with Gasteiger partial charge in [0.05, 0.1) is 15.9 Å². The minimum absolute atomic E-state index is 0.115. The number of nitro benzene ring substituents is 1. The van der Waals surface area contributed by atoms with Gasteiger partial charge in [0.2, 0.25) is 10.0 Å². The van der Waals surface area contributed by atoms with Crippen LogP contribution in [-0.4, -0.2) is 44.5 Å². The minimum atomic E-state index is -3.94. The highest BCUT2D eigenvalue weighted by atomic mass is 32.2. The summed E-state index contributed by atoms with van der Waals surface area (Å²) in [4.78, 5) is 19.6. The number of sulfonamides is 1. The molecule has 4 N–H and O–H groups in total. The fourth-order valence-electron chi connectivity index (χ4n) is 1.72. The second-order valence-electron chi connectivity index (χ2n) is 6.31. The Bertz CT molecular complexity index is 725. The maximum Gasteiger partial charge on any atom is 0.293 e. The number of benzene rings is 1. The molecule has 1 aromatic rings. The molecule has 11 heteroatoms. The Kier molecular flexibility index (Phi) is 6.85. The average Bonchev–Trinajstić information content (AvgIpc) is 2.41. The smallest absolute Gasteiger partial charge is 0.293 e. The second-order valence-corrected chi connectivity index (χ2v) is 7.87. The molecule has 0 spiro atoms. The van der Waals surface area contributed by atoms with E-state index in [9.17, 15) is 23.3 Å². The maximum absolute atomic E-state index is 11.1. The first kappa shape index (κ1) is 20.8. The summed E-state index contributed by atoms with van der Waals surface area (Å²) in [6.07, 6.45) is 0. The molecule has 0 atom stereocenters. The Hall–Kier alpha value is -2.24. The van der Waals surface area contributed by atoms with Gasteiger partial charge in [-0.3, -0.25) is 14.9 Å². The number of nitrogens with one attached hydrogen (secondary N) is 2. The molecule has 1 saturated heterocycles. The molecule has 0 amide bonds. The molecule has 0 saturated carbocycles. The van der Waals surface area contributed by atoms with Gasteiger partial charge in [0.1, 0.15) is 11.3 Å². The van der Waals surface area contributed by atoms with Crippen LogP contribution in [0.25, 0.3) is 0 Å². The van der Waals surface area contributed by atoms with E-state index in [0.29, 0.717) is 25.2 Å². The lowest BCUT2D eigenvalue weighted by Gasteiger charge is -2.28. The van der Waals surface area contributed by atoms with E-state index in [0.717, 1.165) is 6.07 Å². The van der Waals surface area contributed by atoms with Crippen molar-refractivity contribution in [3.8, 4) is 0 Å². The SMILES string of the molecule is CC(C)(C)OC=O.NS(=O)(=O)c1ccc(NC2CNC2)c([N+](=O)[O-])c1. The zero-order valence-corrected chi connectivity index (χ0v) is 15.0. The molecule has 1 aliphatic rings. The predicted molar refractivity (Wildman–Crippen MR) is 91.7 cm³/mol. The van der Waals surface area contributed by atoms with Crippen LogP contribution in [0.15, 0.2) is 23.1 Å². The third-order valence-corrected chi connectivity index (χ3v) is 3.95. The van der Waals surface area contributed by atoms with Crippen molar-refractivity contribution in [3.05, 3.63) is 28.3 Å². The summed E-state index contributed by atoms with van der Waals surface area (Å²) < 4.78 is 26.8. The summed E-state index contributed by atoms with van der Waals surface area (Å²) in [5.41, 5.74) is -0.325. The number of nitrogens with zero attached hydrogens (tertiary/aromatic N) is 1. The van der Waals surface area contributed by atoms with Crippen LogP contribution in [0.1, 0.15) is 20.8 Å². The van der Waals surface area contributed by atoms with E-state index in [4.69, 9.17) is 5.14 Å². The number of nitrogens with two attached hydrogens (primary N) is 1. The molecule has 1 aromatic carbocycles. The van der Waals surface area contributed by atoms with Crippen molar-refractivity contribution in [1.29, 1.82) is 0 Å². The van der Waals surface area contributed by atoms with E-state index in [1.165, 1.54) is 12.1 Å². The molecule has 0 aliphatic carbocycles. The maximum atomic E-state index is 11.1. The summed E-state index contributed by atoms with van der Waals surface area (Å²) in [5, 5.41) is 21.8. The average molecular weight is 374 g/mol. The van der Waals surface area contributed by atoms with Gasteiger partial charge in [-0.25, -0.2) is 13.6 Å². The Morgan fingerprint density at radius 2 is 2.00 bits per heavy atom. The van der Waals surface area contributed by atoms with Crippen molar-refractivity contribution in [2.75, 3.05) is 18.4 Å². The van der Waals surface area contributed by atoms with E-state index < -0.39 is 14.9 Å². The number of hydrogen-bond acceptors (Lipinski definition) is 8. The van der Waals surface area contributed by atoms with Crippen LogP contribution in [-0.2, 0) is 19.6 Å². The van der Waals surface area contributed by atoms with Crippen molar-refractivity contribution < 1.29 is 22.9 Å². The van der Waals surface area contributed by atoms with Crippen LogP contribution in [0, 0.1) is 10.1 Å². The van der Waals surface area contributed by atoms with Gasteiger partial charge in [-0.05, 0) is 32.9 Å². The van der Waals surface area contributed by atoms with Crippen molar-refractivity contribution in [2.45, 2.75) is 37.3 Å². The van der Waals surface area contributed by atoms with Crippen molar-refractivity contribution >= 4 is 27.9 Å². The summed E-state index contributed by atoms with van der Waals surface area (Å²) in [6, 6.07) is 3.68. The standard InChI is InChI=1S/C9H12N4O4S.C5H10O2/c10-18(16,17)7-1-2-8(9(3-7)13(14)15)12-6-4-11-5-6;1-5(2,3)7-4-6/h1-3,6,11-12H,4-5H2,(H2,10,16,17);4H,1-3H3. The molecule has 0 radical (unpaired) electrons. The first-order valence-electron chi connectivity index (χ1n) is 7.34. The molecule has 0 unspecified atom stereocenters. The van der Waals surface area contributed by atoms with Gasteiger partial charge in [0, 0.05) is 19.2 Å². The zero-order chi connectivity index (χ0) is 19.3. The number of carbonyl (C=O) groups is 1. The van der Waals surface area contributed by atoms with E-state index >= 15 is 0 Å². The van der Waals surface area contributed by atoms with Gasteiger partial charge >= 0.3 is 0 Å². The molecule has 0 aromatic heterocycles. The largest absolute Gasteiger partial charge is 0.462 e. The van der Waals surface area contributed by atoms with Gasteiger partial charge in [-0.2, -0.15) is 0 Å². The minimum Gasteiger partial charge on any atom is -0.462 e. The number of hydrogen-bond donors (Lipinski definition) is 3. The third kappa shape index (κ3) is 7.03. The van der Waals surface area contributed by atoms with Crippen molar-refractivity contribution in [1.82, 2.24) is 5.32 Å². The van der Waals surface area contributed by atoms with Gasteiger partial charge in [-0.1, -0.05) is 0 Å². The quantitative estimate of drug-likeness (QED) is 0.384. The Morgan fingerprint density at radius 3 is 2.32 bits per heavy atom. The Balaban J connectivity index is 0.000000381. The predicted octanol–water partition coefficient (Wildman–Crippen LogP) is 0.584. The molecule has 1 fully saturated rings. The zero-order valence-electron chi connectivity index (χ0n) is 14.2. The van der Waals surface area contributed by atoms with Crippen LogP contribution in [0.5, 0.6) is 0 Å². The first-order chi connectivity index (χ1) is 11.4. The normalized spacial score (nSPS) is 14.6. The number of carbonyl (C=O) groups excluding carboxylic acids is 1. The summed E-state index contributed by atoms with van der Waals surface area (Å²) in [7, 11) is -3.94. The number of ether oxygens (including phenoxy) is 1. The number of nitro groups is 1. The van der Waals surface area contributed by atoms with Crippen molar-refractivity contribution in [2.24, 2.45) is 5.14 Å². The van der Waals surface area contributed by atoms with E-state index in [-0.39, 0.29) is 22.2 Å². The molecule has 0 bridgehead atoms. The van der Waals surface area contributed by atoms with E-state index in [1.54, 1.807) is 0 Å². The molecule has 1 aliphatic heterocycles. The monoisotopic (exact) mass is 374 g/mol. The highest BCUT2D eigenvalue weighted by Crippen LogP contribution is 2.28. The lowest BCUT2D eigenvalue weighted by Crippen LogP contribution is -2.51. The number of primary sulfonamides is 1. The Labute approximate surface area is 145 Å².